The Balaban J connectivity index is 1.73. The lowest BCUT2D eigenvalue weighted by molar-refractivity contribution is -0.316. The molecule has 0 amide bonds. The maximum Gasteiger partial charge on any atom is 0.175 e. The van der Waals surface area contributed by atoms with Gasteiger partial charge in [-0.3, -0.25) is 9.59 Å². The molecule has 6 nitrogen and oxygen atoms in total. The first-order valence-corrected chi connectivity index (χ1v) is 10.3. The number of hydrogen-bond acceptors (Lipinski definition) is 6. The normalized spacial score (nSPS) is 51.3. The number of carbonyl (C=O) groups is 2. The van der Waals surface area contributed by atoms with Crippen molar-refractivity contribution in [3.63, 3.8) is 0 Å². The van der Waals surface area contributed by atoms with Crippen LogP contribution in [0.3, 0.4) is 0 Å². The molecule has 0 bridgehead atoms. The minimum Gasteiger partial charge on any atom is -0.393 e. The molecule has 0 radical (unpaired) electrons. The number of ketones is 2. The van der Waals surface area contributed by atoms with E-state index in [1.807, 2.05) is 6.92 Å². The van der Waals surface area contributed by atoms with Crippen molar-refractivity contribution in [2.24, 2.45) is 40.4 Å². The number of aliphatic hydroxyl groups is 4. The molecule has 0 aromatic rings. The third-order valence-electron chi connectivity index (χ3n) is 9.16. The quantitative estimate of drug-likeness (QED) is 0.532. The number of rotatable bonds is 2. The topological polar surface area (TPSA) is 115 Å². The van der Waals surface area contributed by atoms with Gasteiger partial charge in [0.15, 0.2) is 11.6 Å². The Morgan fingerprint density at radius 2 is 1.85 bits per heavy atom. The zero-order valence-corrected chi connectivity index (χ0v) is 16.2. The van der Waals surface area contributed by atoms with Crippen LogP contribution in [-0.4, -0.2) is 50.5 Å². The fourth-order valence-electron chi connectivity index (χ4n) is 7.92. The summed E-state index contributed by atoms with van der Waals surface area (Å²) in [6.07, 6.45) is 2.93. The van der Waals surface area contributed by atoms with Crippen molar-refractivity contribution in [3.05, 3.63) is 0 Å². The summed E-state index contributed by atoms with van der Waals surface area (Å²) < 4.78 is 0. The maximum atomic E-state index is 12.3. The summed E-state index contributed by atoms with van der Waals surface area (Å²) in [7, 11) is 0. The molecular formula is C21H32O6. The van der Waals surface area contributed by atoms with E-state index in [1.165, 1.54) is 0 Å². The Kier molecular flexibility index (Phi) is 4.39. The Morgan fingerprint density at radius 3 is 2.52 bits per heavy atom. The third kappa shape index (κ3) is 2.46. The fourth-order valence-corrected chi connectivity index (χ4v) is 7.92. The molecule has 1 unspecified atom stereocenters. The van der Waals surface area contributed by atoms with E-state index in [0.29, 0.717) is 12.8 Å². The first-order chi connectivity index (χ1) is 12.6. The van der Waals surface area contributed by atoms with Crippen LogP contribution < -0.4 is 0 Å². The Hall–Kier alpha value is -0.820. The first-order valence-electron chi connectivity index (χ1n) is 10.3. The average Bonchev–Trinajstić information content (AvgIpc) is 2.91. The number of hydrogen-bond donors (Lipinski definition) is 4. The average molecular weight is 380 g/mol. The summed E-state index contributed by atoms with van der Waals surface area (Å²) in [6, 6.07) is 0. The van der Waals surface area contributed by atoms with E-state index >= 15 is 0 Å². The van der Waals surface area contributed by atoms with Gasteiger partial charge in [-0.1, -0.05) is 13.8 Å². The van der Waals surface area contributed by atoms with Crippen molar-refractivity contribution in [1.82, 2.24) is 0 Å². The van der Waals surface area contributed by atoms with Crippen LogP contribution in [0.2, 0.25) is 0 Å². The molecule has 4 saturated carbocycles. The van der Waals surface area contributed by atoms with Gasteiger partial charge in [-0.05, 0) is 61.2 Å². The molecule has 0 saturated heterocycles. The second-order valence-electron chi connectivity index (χ2n) is 10.1. The highest BCUT2D eigenvalue weighted by Crippen LogP contribution is 2.68. The molecule has 27 heavy (non-hydrogen) atoms. The fraction of sp³-hybridized carbons (Fsp3) is 0.905. The van der Waals surface area contributed by atoms with Gasteiger partial charge in [0.05, 0.1) is 12.5 Å². The van der Waals surface area contributed by atoms with Gasteiger partial charge in [0.25, 0.3) is 0 Å². The standard InChI is InChI=1S/C21H32O6/c1-19-9-16(24)18-13(14(19)5-6-15(19)17(25)10-22)4-3-11-7-12(23)8-21(26,27)20(11,18)2/h11,13-16,18,22,24,26-27H,3-10H2,1-2H3/t11?,13-,14-,15+,16-,18+,19-,20+/m0/s1. The molecule has 0 heterocycles. The van der Waals surface area contributed by atoms with E-state index < -0.39 is 23.9 Å². The first kappa shape index (κ1) is 19.5. The predicted octanol–water partition coefficient (Wildman–Crippen LogP) is 1.04. The Bertz CT molecular complexity index is 659. The van der Waals surface area contributed by atoms with Gasteiger partial charge in [-0.2, -0.15) is 0 Å². The molecule has 4 N–H and O–H groups in total. The van der Waals surface area contributed by atoms with Crippen molar-refractivity contribution < 1.29 is 30.0 Å². The molecule has 4 aliphatic rings. The molecule has 6 heteroatoms. The molecule has 4 rings (SSSR count). The van der Waals surface area contributed by atoms with Crippen LogP contribution in [0.5, 0.6) is 0 Å². The zero-order valence-electron chi connectivity index (χ0n) is 16.2. The molecule has 0 spiro atoms. The zero-order chi connectivity index (χ0) is 19.8. The highest BCUT2D eigenvalue weighted by molar-refractivity contribution is 5.83. The molecular weight excluding hydrogens is 348 g/mol. The second kappa shape index (κ2) is 6.09. The summed E-state index contributed by atoms with van der Waals surface area (Å²) in [5.41, 5.74) is -1.29. The Labute approximate surface area is 160 Å². The van der Waals surface area contributed by atoms with Gasteiger partial charge >= 0.3 is 0 Å². The predicted molar refractivity (Wildman–Crippen MR) is 96.3 cm³/mol. The van der Waals surface area contributed by atoms with Crippen LogP contribution in [-0.2, 0) is 9.59 Å². The van der Waals surface area contributed by atoms with Crippen molar-refractivity contribution in [2.75, 3.05) is 6.61 Å². The summed E-state index contributed by atoms with van der Waals surface area (Å²) >= 11 is 0. The van der Waals surface area contributed by atoms with Crippen molar-refractivity contribution >= 4 is 11.6 Å². The highest BCUT2D eigenvalue weighted by atomic mass is 16.5. The highest BCUT2D eigenvalue weighted by Gasteiger charge is 2.69. The van der Waals surface area contributed by atoms with Crippen molar-refractivity contribution in [3.8, 4) is 0 Å². The van der Waals surface area contributed by atoms with E-state index in [-0.39, 0.29) is 53.0 Å². The number of Topliss-reactive ketones (excluding diaryl/α,β-unsaturated/α-hetero) is 2. The van der Waals surface area contributed by atoms with E-state index in [9.17, 15) is 30.0 Å². The lowest BCUT2D eigenvalue weighted by Gasteiger charge is -2.64. The molecule has 4 aliphatic carbocycles. The van der Waals surface area contributed by atoms with Gasteiger partial charge in [0.1, 0.15) is 12.4 Å². The Morgan fingerprint density at radius 1 is 1.15 bits per heavy atom. The van der Waals surface area contributed by atoms with Crippen LogP contribution in [0.25, 0.3) is 0 Å². The lowest BCUT2D eigenvalue weighted by Crippen LogP contribution is -2.67. The van der Waals surface area contributed by atoms with E-state index in [1.54, 1.807) is 0 Å². The van der Waals surface area contributed by atoms with Crippen LogP contribution in [0.1, 0.15) is 58.8 Å². The smallest absolute Gasteiger partial charge is 0.175 e. The summed E-state index contributed by atoms with van der Waals surface area (Å²) in [4.78, 5) is 24.4. The van der Waals surface area contributed by atoms with E-state index in [0.717, 1.165) is 25.7 Å². The number of carbonyl (C=O) groups excluding carboxylic acids is 2. The molecule has 0 aromatic heterocycles. The minimum atomic E-state index is -2.11. The van der Waals surface area contributed by atoms with Gasteiger partial charge in [-0.15, -0.1) is 0 Å². The van der Waals surface area contributed by atoms with Gasteiger partial charge < -0.3 is 20.4 Å². The van der Waals surface area contributed by atoms with Crippen molar-refractivity contribution in [1.29, 1.82) is 0 Å². The molecule has 0 aromatic carbocycles. The lowest BCUT2D eigenvalue weighted by atomic mass is 9.42. The van der Waals surface area contributed by atoms with Gasteiger partial charge in [0, 0.05) is 17.8 Å². The van der Waals surface area contributed by atoms with Gasteiger partial charge in [0.2, 0.25) is 0 Å². The number of fused-ring (bicyclic) bond motifs is 5. The van der Waals surface area contributed by atoms with E-state index in [4.69, 9.17) is 0 Å². The minimum absolute atomic E-state index is 0.100. The van der Waals surface area contributed by atoms with Crippen LogP contribution in [0, 0.1) is 40.4 Å². The van der Waals surface area contributed by atoms with Crippen LogP contribution in [0.4, 0.5) is 0 Å². The van der Waals surface area contributed by atoms with Gasteiger partial charge in [-0.25, -0.2) is 0 Å². The monoisotopic (exact) mass is 380 g/mol. The molecule has 4 fully saturated rings. The summed E-state index contributed by atoms with van der Waals surface area (Å²) in [5, 5.41) is 42.3. The van der Waals surface area contributed by atoms with Crippen molar-refractivity contribution in [2.45, 2.75) is 70.7 Å². The SMILES string of the molecule is C[C@]12C[C@H](O)[C@H]3[C@@H](CCC4CC(=O)CC(O)(O)[C@]43C)[C@@H]1CC[C@@H]2C(=O)CO. The summed E-state index contributed by atoms with van der Waals surface area (Å²) in [5.74, 6) is -2.72. The molecule has 0 aliphatic heterocycles. The van der Waals surface area contributed by atoms with E-state index in [2.05, 4.69) is 6.92 Å². The molecule has 152 valence electrons. The molecule has 8 atom stereocenters. The van der Waals surface area contributed by atoms with Crippen LogP contribution in [0.15, 0.2) is 0 Å². The maximum absolute atomic E-state index is 12.3. The second-order valence-corrected chi connectivity index (χ2v) is 10.1. The third-order valence-corrected chi connectivity index (χ3v) is 9.16. The van der Waals surface area contributed by atoms with Crippen LogP contribution >= 0.6 is 0 Å². The summed E-state index contributed by atoms with van der Waals surface area (Å²) in [6.45, 7) is 3.44. The number of aliphatic hydroxyl groups excluding tert-OH is 2. The largest absolute Gasteiger partial charge is 0.393 e.